The van der Waals surface area contributed by atoms with Crippen molar-refractivity contribution < 1.29 is 0 Å². The lowest BCUT2D eigenvalue weighted by Crippen LogP contribution is -2.37. The Bertz CT molecular complexity index is 461. The van der Waals surface area contributed by atoms with Crippen LogP contribution in [-0.4, -0.2) is 6.54 Å². The molecule has 2 aliphatic carbocycles. The van der Waals surface area contributed by atoms with E-state index in [1.54, 1.807) is 11.1 Å². The summed E-state index contributed by atoms with van der Waals surface area (Å²) in [5.74, 6) is 0. The largest absolute Gasteiger partial charge is 0.330 e. The quantitative estimate of drug-likeness (QED) is 0.853. The van der Waals surface area contributed by atoms with Gasteiger partial charge in [0, 0.05) is 16.4 Å². The molecule has 0 aromatic heterocycles. The predicted molar refractivity (Wildman–Crippen MR) is 84.6 cm³/mol. The average molecular weight is 322 g/mol. The Labute approximate surface area is 125 Å². The van der Waals surface area contributed by atoms with E-state index < -0.39 is 0 Å². The molecule has 0 atom stereocenters. The fourth-order valence-corrected chi connectivity index (χ4v) is 4.66. The number of rotatable bonds is 2. The maximum atomic E-state index is 6.18. The molecular formula is C17H24BrN. The second-order valence-electron chi connectivity index (χ2n) is 6.35. The van der Waals surface area contributed by atoms with Gasteiger partial charge in [-0.2, -0.15) is 0 Å². The van der Waals surface area contributed by atoms with E-state index in [1.807, 2.05) is 0 Å². The van der Waals surface area contributed by atoms with Crippen LogP contribution in [0.5, 0.6) is 0 Å². The van der Waals surface area contributed by atoms with Crippen LogP contribution in [0.25, 0.3) is 0 Å². The molecule has 0 spiro atoms. The Kier molecular flexibility index (Phi) is 4.00. The number of aryl methyl sites for hydroxylation is 1. The molecule has 1 fully saturated rings. The van der Waals surface area contributed by atoms with Crippen LogP contribution < -0.4 is 5.73 Å². The average Bonchev–Trinajstić information content (AvgIpc) is 2.48. The normalized spacial score (nSPS) is 22.0. The third-order valence-electron chi connectivity index (χ3n) is 5.22. The molecule has 0 heterocycles. The van der Waals surface area contributed by atoms with E-state index in [2.05, 4.69) is 28.1 Å². The Morgan fingerprint density at radius 3 is 2.47 bits per heavy atom. The summed E-state index contributed by atoms with van der Waals surface area (Å²) in [6.45, 7) is 0.804. The highest BCUT2D eigenvalue weighted by Crippen LogP contribution is 2.41. The molecule has 0 aliphatic heterocycles. The van der Waals surface area contributed by atoms with Crippen molar-refractivity contribution >= 4 is 15.9 Å². The van der Waals surface area contributed by atoms with E-state index >= 15 is 0 Å². The summed E-state index contributed by atoms with van der Waals surface area (Å²) in [7, 11) is 0. The molecule has 2 N–H and O–H groups in total. The van der Waals surface area contributed by atoms with Crippen molar-refractivity contribution in [3.63, 3.8) is 0 Å². The molecule has 19 heavy (non-hydrogen) atoms. The van der Waals surface area contributed by atoms with Gasteiger partial charge >= 0.3 is 0 Å². The van der Waals surface area contributed by atoms with Crippen molar-refractivity contribution in [2.75, 3.05) is 6.54 Å². The first-order chi connectivity index (χ1) is 9.25. The SMILES string of the molecule is NCC1(c2cc(Br)c3c(c2)CCCC3)CCCCC1. The number of hydrogen-bond donors (Lipinski definition) is 1. The second kappa shape index (κ2) is 5.57. The molecule has 1 aromatic rings. The standard InChI is InChI=1S/C17H24BrN/c18-16-11-14(10-13-6-2-3-7-15(13)16)17(12-19)8-4-1-5-9-17/h10-11H,1-9,12,19H2. The monoisotopic (exact) mass is 321 g/mol. The van der Waals surface area contributed by atoms with Gasteiger partial charge < -0.3 is 5.73 Å². The van der Waals surface area contributed by atoms with Crippen LogP contribution in [0.1, 0.15) is 61.6 Å². The molecule has 2 heteroatoms. The van der Waals surface area contributed by atoms with E-state index in [9.17, 15) is 0 Å². The predicted octanol–water partition coefficient (Wildman–Crippen LogP) is 4.49. The van der Waals surface area contributed by atoms with E-state index in [-0.39, 0.29) is 5.41 Å². The summed E-state index contributed by atoms with van der Waals surface area (Å²) in [5.41, 5.74) is 11.1. The first-order valence-corrected chi connectivity index (χ1v) is 8.56. The van der Waals surface area contributed by atoms with E-state index in [0.29, 0.717) is 0 Å². The summed E-state index contributed by atoms with van der Waals surface area (Å²) in [4.78, 5) is 0. The van der Waals surface area contributed by atoms with Crippen LogP contribution in [0.15, 0.2) is 16.6 Å². The molecule has 104 valence electrons. The van der Waals surface area contributed by atoms with Crippen LogP contribution in [0, 0.1) is 0 Å². The smallest absolute Gasteiger partial charge is 0.0213 e. The van der Waals surface area contributed by atoms with Gasteiger partial charge in [0.05, 0.1) is 0 Å². The maximum Gasteiger partial charge on any atom is 0.0213 e. The van der Waals surface area contributed by atoms with Crippen molar-refractivity contribution in [1.29, 1.82) is 0 Å². The number of benzene rings is 1. The second-order valence-corrected chi connectivity index (χ2v) is 7.20. The van der Waals surface area contributed by atoms with Crippen molar-refractivity contribution in [3.8, 4) is 0 Å². The minimum Gasteiger partial charge on any atom is -0.330 e. The molecule has 3 rings (SSSR count). The van der Waals surface area contributed by atoms with Gasteiger partial charge in [-0.1, -0.05) is 41.3 Å². The molecule has 0 radical (unpaired) electrons. The van der Waals surface area contributed by atoms with Gasteiger partial charge in [0.25, 0.3) is 0 Å². The van der Waals surface area contributed by atoms with Crippen LogP contribution in [0.4, 0.5) is 0 Å². The summed E-state index contributed by atoms with van der Waals surface area (Å²) in [5, 5.41) is 0. The highest BCUT2D eigenvalue weighted by Gasteiger charge is 2.33. The molecular weight excluding hydrogens is 298 g/mol. The molecule has 1 saturated carbocycles. The van der Waals surface area contributed by atoms with Gasteiger partial charge in [0.1, 0.15) is 0 Å². The van der Waals surface area contributed by atoms with Crippen LogP contribution >= 0.6 is 15.9 Å². The Morgan fingerprint density at radius 1 is 1.00 bits per heavy atom. The minimum atomic E-state index is 0.257. The van der Waals surface area contributed by atoms with Gasteiger partial charge in [-0.25, -0.2) is 0 Å². The number of hydrogen-bond acceptors (Lipinski definition) is 1. The lowest BCUT2D eigenvalue weighted by atomic mass is 9.68. The topological polar surface area (TPSA) is 26.0 Å². The summed E-state index contributed by atoms with van der Waals surface area (Å²) in [6.07, 6.45) is 11.8. The van der Waals surface area contributed by atoms with Crippen LogP contribution in [-0.2, 0) is 18.3 Å². The zero-order valence-corrected chi connectivity index (χ0v) is 13.3. The van der Waals surface area contributed by atoms with Crippen LogP contribution in [0.3, 0.4) is 0 Å². The highest BCUT2D eigenvalue weighted by atomic mass is 79.9. The van der Waals surface area contributed by atoms with Gasteiger partial charge in [-0.3, -0.25) is 0 Å². The Morgan fingerprint density at radius 2 is 1.74 bits per heavy atom. The third kappa shape index (κ3) is 2.50. The van der Waals surface area contributed by atoms with Gasteiger partial charge in [0.2, 0.25) is 0 Å². The van der Waals surface area contributed by atoms with Gasteiger partial charge in [-0.05, 0) is 61.3 Å². The van der Waals surface area contributed by atoms with Gasteiger partial charge in [0.15, 0.2) is 0 Å². The molecule has 1 aromatic carbocycles. The first kappa shape index (κ1) is 13.6. The molecule has 0 amide bonds. The van der Waals surface area contributed by atoms with Crippen molar-refractivity contribution in [3.05, 3.63) is 33.3 Å². The highest BCUT2D eigenvalue weighted by molar-refractivity contribution is 9.10. The van der Waals surface area contributed by atoms with Gasteiger partial charge in [-0.15, -0.1) is 0 Å². The maximum absolute atomic E-state index is 6.18. The number of nitrogens with two attached hydrogens (primary N) is 1. The lowest BCUT2D eigenvalue weighted by Gasteiger charge is -2.38. The number of fused-ring (bicyclic) bond motifs is 1. The van der Waals surface area contributed by atoms with E-state index in [4.69, 9.17) is 5.73 Å². The fraction of sp³-hybridized carbons (Fsp3) is 0.647. The van der Waals surface area contributed by atoms with Crippen LogP contribution in [0.2, 0.25) is 0 Å². The third-order valence-corrected chi connectivity index (χ3v) is 5.93. The summed E-state index contributed by atoms with van der Waals surface area (Å²) in [6, 6.07) is 4.86. The minimum absolute atomic E-state index is 0.257. The fourth-order valence-electron chi connectivity index (χ4n) is 3.96. The molecule has 1 nitrogen and oxygen atoms in total. The Balaban J connectivity index is 2.02. The van der Waals surface area contributed by atoms with Crippen molar-refractivity contribution in [2.45, 2.75) is 63.2 Å². The zero-order valence-electron chi connectivity index (χ0n) is 11.7. The first-order valence-electron chi connectivity index (χ1n) is 7.77. The van der Waals surface area contributed by atoms with E-state index in [0.717, 1.165) is 6.54 Å². The lowest BCUT2D eigenvalue weighted by molar-refractivity contribution is 0.300. The zero-order chi connectivity index (χ0) is 13.3. The Hall–Kier alpha value is -0.340. The molecule has 2 aliphatic rings. The summed E-state index contributed by atoms with van der Waals surface area (Å²) < 4.78 is 1.33. The molecule has 0 unspecified atom stereocenters. The number of halogens is 1. The van der Waals surface area contributed by atoms with Crippen molar-refractivity contribution in [2.24, 2.45) is 5.73 Å². The van der Waals surface area contributed by atoms with Crippen molar-refractivity contribution in [1.82, 2.24) is 0 Å². The van der Waals surface area contributed by atoms with E-state index in [1.165, 1.54) is 67.8 Å². The molecule has 0 saturated heterocycles. The summed E-state index contributed by atoms with van der Waals surface area (Å²) >= 11 is 3.81. The molecule has 0 bridgehead atoms.